The number of likely N-dealkylation sites (tertiary alicyclic amines) is 1. The highest BCUT2D eigenvalue weighted by atomic mass is 16.3. The fourth-order valence-electron chi connectivity index (χ4n) is 2.44. The molecule has 0 bridgehead atoms. The average Bonchev–Trinajstić information content (AvgIpc) is 2.29. The molecule has 100 valence electrons. The number of piperidine rings is 1. The lowest BCUT2D eigenvalue weighted by Gasteiger charge is -2.36. The minimum absolute atomic E-state index is 0.303. The van der Waals surface area contributed by atoms with Crippen LogP contribution in [0.5, 0.6) is 0 Å². The van der Waals surface area contributed by atoms with Gasteiger partial charge in [-0.2, -0.15) is 0 Å². The molecule has 0 spiro atoms. The lowest BCUT2D eigenvalue weighted by atomic mass is 9.99. The number of nitrogens with zero attached hydrogens (tertiary/aromatic N) is 1. The normalized spacial score (nSPS) is 22.0. The van der Waals surface area contributed by atoms with Crippen molar-refractivity contribution in [1.82, 2.24) is 10.2 Å². The number of hydrogen-bond donors (Lipinski definition) is 2. The topological polar surface area (TPSA) is 35.5 Å². The number of aliphatic hydroxyl groups excluding tert-OH is 1. The van der Waals surface area contributed by atoms with Crippen molar-refractivity contribution in [3.8, 4) is 0 Å². The summed E-state index contributed by atoms with van der Waals surface area (Å²) in [6.45, 7) is 11.8. The van der Waals surface area contributed by atoms with Gasteiger partial charge in [0.2, 0.25) is 0 Å². The summed E-state index contributed by atoms with van der Waals surface area (Å²) in [5.74, 6) is 0. The van der Waals surface area contributed by atoms with E-state index in [4.69, 9.17) is 5.11 Å². The van der Waals surface area contributed by atoms with Gasteiger partial charge in [-0.3, -0.25) is 4.90 Å². The molecule has 1 aliphatic heterocycles. The van der Waals surface area contributed by atoms with Gasteiger partial charge in [-0.15, -0.1) is 0 Å². The molecule has 1 fully saturated rings. The summed E-state index contributed by atoms with van der Waals surface area (Å²) in [4.78, 5) is 2.49. The third-order valence-corrected chi connectivity index (χ3v) is 3.40. The second kappa shape index (κ2) is 7.85. The molecule has 1 aliphatic rings. The minimum Gasteiger partial charge on any atom is -0.396 e. The Balaban J connectivity index is 2.33. The SMILES string of the molecule is C=C(CNC(C)C)CN1CCCCC1CCO. The minimum atomic E-state index is 0.303. The van der Waals surface area contributed by atoms with E-state index in [1.807, 2.05) is 0 Å². The van der Waals surface area contributed by atoms with Gasteiger partial charge in [0.05, 0.1) is 0 Å². The van der Waals surface area contributed by atoms with Crippen LogP contribution in [0.4, 0.5) is 0 Å². The molecule has 0 saturated carbocycles. The van der Waals surface area contributed by atoms with Crippen molar-refractivity contribution in [2.75, 3.05) is 26.2 Å². The van der Waals surface area contributed by atoms with Crippen LogP contribution in [0.25, 0.3) is 0 Å². The van der Waals surface area contributed by atoms with E-state index in [0.717, 1.165) is 26.1 Å². The summed E-state index contributed by atoms with van der Waals surface area (Å²) >= 11 is 0. The Hall–Kier alpha value is -0.380. The lowest BCUT2D eigenvalue weighted by molar-refractivity contribution is 0.129. The highest BCUT2D eigenvalue weighted by Crippen LogP contribution is 2.20. The highest BCUT2D eigenvalue weighted by Gasteiger charge is 2.21. The van der Waals surface area contributed by atoms with Crippen molar-refractivity contribution in [3.63, 3.8) is 0 Å². The molecular formula is C14H28N2O. The first kappa shape index (κ1) is 14.7. The Morgan fingerprint density at radius 2 is 2.24 bits per heavy atom. The highest BCUT2D eigenvalue weighted by molar-refractivity contribution is 5.01. The first-order chi connectivity index (χ1) is 8.13. The lowest BCUT2D eigenvalue weighted by Crippen LogP contribution is -2.42. The zero-order valence-electron chi connectivity index (χ0n) is 11.4. The standard InChI is InChI=1S/C14H28N2O/c1-12(2)15-10-13(3)11-16-8-5-4-6-14(16)7-9-17/h12,14-15,17H,3-11H2,1-2H3. The van der Waals surface area contributed by atoms with Gasteiger partial charge in [0.1, 0.15) is 0 Å². The number of aliphatic hydroxyl groups is 1. The molecule has 0 aromatic carbocycles. The van der Waals surface area contributed by atoms with E-state index in [1.165, 1.54) is 24.8 Å². The molecule has 1 atom stereocenters. The van der Waals surface area contributed by atoms with E-state index in [2.05, 4.69) is 30.6 Å². The van der Waals surface area contributed by atoms with Crippen molar-refractivity contribution in [1.29, 1.82) is 0 Å². The van der Waals surface area contributed by atoms with E-state index in [0.29, 0.717) is 18.7 Å². The molecule has 17 heavy (non-hydrogen) atoms. The Morgan fingerprint density at radius 1 is 1.47 bits per heavy atom. The molecule has 0 aromatic rings. The Bertz CT molecular complexity index is 226. The van der Waals surface area contributed by atoms with Crippen molar-refractivity contribution in [2.45, 2.75) is 51.6 Å². The summed E-state index contributed by atoms with van der Waals surface area (Å²) in [5.41, 5.74) is 1.25. The fourth-order valence-corrected chi connectivity index (χ4v) is 2.44. The quantitative estimate of drug-likeness (QED) is 0.666. The summed E-state index contributed by atoms with van der Waals surface area (Å²) in [7, 11) is 0. The maximum Gasteiger partial charge on any atom is 0.0445 e. The molecule has 1 saturated heterocycles. The monoisotopic (exact) mass is 240 g/mol. The predicted molar refractivity (Wildman–Crippen MR) is 73.2 cm³/mol. The van der Waals surface area contributed by atoms with Crippen molar-refractivity contribution in [3.05, 3.63) is 12.2 Å². The molecule has 0 aromatic heterocycles. The van der Waals surface area contributed by atoms with Crippen LogP contribution in [0.3, 0.4) is 0 Å². The number of rotatable bonds is 7. The molecule has 1 heterocycles. The zero-order chi connectivity index (χ0) is 12.7. The Kier molecular flexibility index (Phi) is 6.78. The van der Waals surface area contributed by atoms with E-state index >= 15 is 0 Å². The molecule has 3 nitrogen and oxygen atoms in total. The van der Waals surface area contributed by atoms with Crippen LogP contribution < -0.4 is 5.32 Å². The molecule has 0 radical (unpaired) electrons. The second-order valence-electron chi connectivity index (χ2n) is 5.42. The first-order valence-electron chi connectivity index (χ1n) is 6.88. The average molecular weight is 240 g/mol. The van der Waals surface area contributed by atoms with Gasteiger partial charge in [0.25, 0.3) is 0 Å². The van der Waals surface area contributed by atoms with Crippen LogP contribution in [-0.4, -0.2) is 48.3 Å². The smallest absolute Gasteiger partial charge is 0.0445 e. The van der Waals surface area contributed by atoms with Crippen molar-refractivity contribution >= 4 is 0 Å². The molecule has 2 N–H and O–H groups in total. The molecule has 1 unspecified atom stereocenters. The summed E-state index contributed by atoms with van der Waals surface area (Å²) < 4.78 is 0. The van der Waals surface area contributed by atoms with E-state index in [1.54, 1.807) is 0 Å². The first-order valence-corrected chi connectivity index (χ1v) is 6.88. The molecule has 3 heteroatoms. The van der Waals surface area contributed by atoms with Crippen LogP contribution in [-0.2, 0) is 0 Å². The van der Waals surface area contributed by atoms with E-state index < -0.39 is 0 Å². The number of hydrogen-bond acceptors (Lipinski definition) is 3. The van der Waals surface area contributed by atoms with Crippen LogP contribution in [0, 0.1) is 0 Å². The van der Waals surface area contributed by atoms with Crippen molar-refractivity contribution in [2.24, 2.45) is 0 Å². The van der Waals surface area contributed by atoms with Gasteiger partial charge in [-0.1, -0.05) is 26.8 Å². The second-order valence-corrected chi connectivity index (χ2v) is 5.42. The van der Waals surface area contributed by atoms with Crippen LogP contribution in [0.15, 0.2) is 12.2 Å². The van der Waals surface area contributed by atoms with E-state index in [9.17, 15) is 0 Å². The van der Waals surface area contributed by atoms with Crippen LogP contribution in [0.1, 0.15) is 39.5 Å². The third kappa shape index (κ3) is 5.66. The van der Waals surface area contributed by atoms with Crippen LogP contribution in [0.2, 0.25) is 0 Å². The predicted octanol–water partition coefficient (Wildman–Crippen LogP) is 1.78. The van der Waals surface area contributed by atoms with Gasteiger partial charge in [-0.25, -0.2) is 0 Å². The Morgan fingerprint density at radius 3 is 2.88 bits per heavy atom. The van der Waals surface area contributed by atoms with Crippen molar-refractivity contribution < 1.29 is 5.11 Å². The fraction of sp³-hybridized carbons (Fsp3) is 0.857. The van der Waals surface area contributed by atoms with E-state index in [-0.39, 0.29) is 0 Å². The molecule has 1 rings (SSSR count). The largest absolute Gasteiger partial charge is 0.396 e. The third-order valence-electron chi connectivity index (χ3n) is 3.40. The maximum absolute atomic E-state index is 9.09. The van der Waals surface area contributed by atoms with Gasteiger partial charge < -0.3 is 10.4 Å². The molecule has 0 aliphatic carbocycles. The molecule has 0 amide bonds. The van der Waals surface area contributed by atoms with Gasteiger partial charge in [0.15, 0.2) is 0 Å². The maximum atomic E-state index is 9.09. The summed E-state index contributed by atoms with van der Waals surface area (Å²) in [6, 6.07) is 1.07. The number of nitrogens with one attached hydrogen (secondary N) is 1. The molecular weight excluding hydrogens is 212 g/mol. The van der Waals surface area contributed by atoms with Gasteiger partial charge in [0, 0.05) is 31.8 Å². The van der Waals surface area contributed by atoms with Gasteiger partial charge >= 0.3 is 0 Å². The van der Waals surface area contributed by atoms with Gasteiger partial charge in [-0.05, 0) is 31.4 Å². The van der Waals surface area contributed by atoms with Crippen LogP contribution >= 0.6 is 0 Å². The summed E-state index contributed by atoms with van der Waals surface area (Å²) in [6.07, 6.45) is 4.72. The Labute approximate surface area is 106 Å². The zero-order valence-corrected chi connectivity index (χ0v) is 11.4. The summed E-state index contributed by atoms with van der Waals surface area (Å²) in [5, 5.41) is 12.5.